The van der Waals surface area contributed by atoms with Crippen LogP contribution in [0.1, 0.15) is 34.5 Å². The number of hydrazone groups is 1. The number of carbonyl (C=O) groups is 1. The Balaban J connectivity index is 1.79. The number of amides is 1. The number of pyridine rings is 1. The zero-order valence-corrected chi connectivity index (χ0v) is 11.0. The molecular weight excluding hydrogens is 250 g/mol. The molecule has 0 radical (unpaired) electrons. The highest BCUT2D eigenvalue weighted by molar-refractivity contribution is 6.03. The first-order valence-corrected chi connectivity index (χ1v) is 6.71. The van der Waals surface area contributed by atoms with Crippen molar-refractivity contribution in [2.45, 2.75) is 19.3 Å². The summed E-state index contributed by atoms with van der Waals surface area (Å²) in [5.74, 6) is -0.277. The number of benzene rings is 1. The van der Waals surface area contributed by atoms with Gasteiger partial charge in [0.1, 0.15) is 5.69 Å². The van der Waals surface area contributed by atoms with E-state index in [4.69, 9.17) is 0 Å². The third-order valence-corrected chi connectivity index (χ3v) is 3.38. The van der Waals surface area contributed by atoms with E-state index in [9.17, 15) is 4.79 Å². The molecule has 0 saturated heterocycles. The van der Waals surface area contributed by atoms with E-state index in [-0.39, 0.29) is 5.91 Å². The van der Waals surface area contributed by atoms with Gasteiger partial charge in [0, 0.05) is 11.8 Å². The second kappa shape index (κ2) is 5.65. The van der Waals surface area contributed by atoms with Gasteiger partial charge >= 0.3 is 0 Å². The van der Waals surface area contributed by atoms with Gasteiger partial charge in [0.25, 0.3) is 5.91 Å². The van der Waals surface area contributed by atoms with Crippen LogP contribution in [0.5, 0.6) is 0 Å². The second-order valence-corrected chi connectivity index (χ2v) is 4.73. The molecule has 100 valence electrons. The molecule has 1 aromatic carbocycles. The topological polar surface area (TPSA) is 54.4 Å². The molecule has 1 amide bonds. The van der Waals surface area contributed by atoms with Crippen LogP contribution in [0.3, 0.4) is 0 Å². The maximum absolute atomic E-state index is 11.9. The van der Waals surface area contributed by atoms with E-state index in [2.05, 4.69) is 27.6 Å². The molecule has 2 aromatic rings. The van der Waals surface area contributed by atoms with Crippen LogP contribution in [-0.2, 0) is 6.42 Å². The standard InChI is InChI=1S/C16H15N3O/c20-16(15-9-3-4-11-17-15)19-18-14-10-5-7-12-6-1-2-8-13(12)14/h1-4,6,8-9,11H,5,7,10H2,(H,19,20)/b18-14-. The molecule has 0 aliphatic heterocycles. The second-order valence-electron chi connectivity index (χ2n) is 4.73. The van der Waals surface area contributed by atoms with E-state index >= 15 is 0 Å². The van der Waals surface area contributed by atoms with Crippen LogP contribution < -0.4 is 5.43 Å². The van der Waals surface area contributed by atoms with Gasteiger partial charge in [-0.2, -0.15) is 5.10 Å². The first-order valence-electron chi connectivity index (χ1n) is 6.71. The molecule has 0 atom stereocenters. The molecule has 20 heavy (non-hydrogen) atoms. The minimum atomic E-state index is -0.277. The maximum atomic E-state index is 11.9. The van der Waals surface area contributed by atoms with Gasteiger partial charge in [0.05, 0.1) is 5.71 Å². The largest absolute Gasteiger partial charge is 0.289 e. The van der Waals surface area contributed by atoms with Crippen molar-refractivity contribution in [1.82, 2.24) is 10.4 Å². The summed E-state index contributed by atoms with van der Waals surface area (Å²) in [7, 11) is 0. The number of nitrogens with zero attached hydrogens (tertiary/aromatic N) is 2. The molecule has 1 heterocycles. The predicted octanol–water partition coefficient (Wildman–Crippen LogP) is 2.55. The monoisotopic (exact) mass is 265 g/mol. The van der Waals surface area contributed by atoms with Crippen molar-refractivity contribution < 1.29 is 4.79 Å². The molecule has 1 N–H and O–H groups in total. The van der Waals surface area contributed by atoms with E-state index in [0.29, 0.717) is 5.69 Å². The van der Waals surface area contributed by atoms with E-state index in [1.54, 1.807) is 24.4 Å². The summed E-state index contributed by atoms with van der Waals surface area (Å²) < 4.78 is 0. The summed E-state index contributed by atoms with van der Waals surface area (Å²) in [6, 6.07) is 13.4. The lowest BCUT2D eigenvalue weighted by atomic mass is 9.90. The number of carbonyl (C=O) groups excluding carboxylic acids is 1. The van der Waals surface area contributed by atoms with Gasteiger partial charge < -0.3 is 0 Å². The number of nitrogens with one attached hydrogen (secondary N) is 1. The van der Waals surface area contributed by atoms with E-state index in [1.165, 1.54) is 5.56 Å². The van der Waals surface area contributed by atoms with Gasteiger partial charge in [-0.05, 0) is 37.0 Å². The lowest BCUT2D eigenvalue weighted by molar-refractivity contribution is 0.0950. The Hall–Kier alpha value is -2.49. The Morgan fingerprint density at radius 2 is 1.95 bits per heavy atom. The summed E-state index contributed by atoms with van der Waals surface area (Å²) in [4.78, 5) is 15.9. The van der Waals surface area contributed by atoms with Crippen molar-refractivity contribution in [2.24, 2.45) is 5.10 Å². The Labute approximate surface area is 117 Å². The molecule has 4 heteroatoms. The van der Waals surface area contributed by atoms with Crippen molar-refractivity contribution in [3.63, 3.8) is 0 Å². The van der Waals surface area contributed by atoms with Crippen LogP contribution in [0.25, 0.3) is 0 Å². The minimum Gasteiger partial charge on any atom is -0.266 e. The van der Waals surface area contributed by atoms with Crippen molar-refractivity contribution in [3.8, 4) is 0 Å². The summed E-state index contributed by atoms with van der Waals surface area (Å²) in [5, 5.41) is 4.28. The molecule has 0 spiro atoms. The molecule has 3 rings (SSSR count). The predicted molar refractivity (Wildman–Crippen MR) is 77.6 cm³/mol. The number of fused-ring (bicyclic) bond motifs is 1. The average Bonchev–Trinajstić information content (AvgIpc) is 2.53. The normalized spacial score (nSPS) is 15.7. The van der Waals surface area contributed by atoms with Crippen molar-refractivity contribution in [2.75, 3.05) is 0 Å². The van der Waals surface area contributed by atoms with E-state index < -0.39 is 0 Å². The highest BCUT2D eigenvalue weighted by atomic mass is 16.2. The van der Waals surface area contributed by atoms with Crippen LogP contribution in [0, 0.1) is 0 Å². The molecule has 0 fully saturated rings. The van der Waals surface area contributed by atoms with E-state index in [1.807, 2.05) is 12.1 Å². The lowest BCUT2D eigenvalue weighted by Crippen LogP contribution is -2.22. The van der Waals surface area contributed by atoms with Gasteiger partial charge in [0.15, 0.2) is 0 Å². The van der Waals surface area contributed by atoms with Gasteiger partial charge in [-0.25, -0.2) is 5.43 Å². The van der Waals surface area contributed by atoms with Crippen molar-refractivity contribution >= 4 is 11.6 Å². The first kappa shape index (κ1) is 12.5. The Bertz CT molecular complexity index is 650. The maximum Gasteiger partial charge on any atom is 0.289 e. The van der Waals surface area contributed by atoms with Crippen molar-refractivity contribution in [3.05, 3.63) is 65.5 Å². The Morgan fingerprint density at radius 1 is 1.10 bits per heavy atom. The first-order chi connectivity index (χ1) is 9.84. The molecule has 0 unspecified atom stereocenters. The third-order valence-electron chi connectivity index (χ3n) is 3.38. The zero-order chi connectivity index (χ0) is 13.8. The Morgan fingerprint density at radius 3 is 2.80 bits per heavy atom. The van der Waals surface area contributed by atoms with Crippen LogP contribution >= 0.6 is 0 Å². The molecule has 0 saturated carbocycles. The molecule has 1 aliphatic carbocycles. The van der Waals surface area contributed by atoms with Crippen molar-refractivity contribution in [1.29, 1.82) is 0 Å². The van der Waals surface area contributed by atoms with Gasteiger partial charge in [-0.3, -0.25) is 9.78 Å². The summed E-state index contributed by atoms with van der Waals surface area (Å²) in [6.45, 7) is 0. The van der Waals surface area contributed by atoms with Gasteiger partial charge in [-0.15, -0.1) is 0 Å². The molecular formula is C16H15N3O. The highest BCUT2D eigenvalue weighted by Crippen LogP contribution is 2.21. The van der Waals surface area contributed by atoms with Crippen LogP contribution in [0.15, 0.2) is 53.8 Å². The lowest BCUT2D eigenvalue weighted by Gasteiger charge is -2.17. The van der Waals surface area contributed by atoms with Crippen LogP contribution in [0.4, 0.5) is 0 Å². The Kier molecular flexibility index (Phi) is 3.54. The smallest absolute Gasteiger partial charge is 0.266 e. The number of aryl methyl sites for hydroxylation is 1. The fraction of sp³-hybridized carbons (Fsp3) is 0.188. The van der Waals surface area contributed by atoms with Crippen LogP contribution in [-0.4, -0.2) is 16.6 Å². The number of aromatic nitrogens is 1. The van der Waals surface area contributed by atoms with Gasteiger partial charge in [-0.1, -0.05) is 30.3 Å². The molecule has 0 bridgehead atoms. The molecule has 4 nitrogen and oxygen atoms in total. The van der Waals surface area contributed by atoms with Gasteiger partial charge in [0.2, 0.25) is 0 Å². The zero-order valence-electron chi connectivity index (χ0n) is 11.0. The number of hydrogen-bond acceptors (Lipinski definition) is 3. The summed E-state index contributed by atoms with van der Waals surface area (Å²) >= 11 is 0. The molecule has 1 aliphatic rings. The fourth-order valence-electron chi connectivity index (χ4n) is 2.39. The fourth-order valence-corrected chi connectivity index (χ4v) is 2.39. The highest BCUT2D eigenvalue weighted by Gasteiger charge is 2.15. The number of rotatable bonds is 2. The number of hydrogen-bond donors (Lipinski definition) is 1. The third kappa shape index (κ3) is 2.59. The molecule has 1 aromatic heterocycles. The van der Waals surface area contributed by atoms with Crippen LogP contribution in [0.2, 0.25) is 0 Å². The summed E-state index contributed by atoms with van der Waals surface area (Å²) in [6.07, 6.45) is 4.62. The summed E-state index contributed by atoms with van der Waals surface area (Å²) in [5.41, 5.74) is 6.35. The van der Waals surface area contributed by atoms with E-state index in [0.717, 1.165) is 30.5 Å². The minimum absolute atomic E-state index is 0.277. The average molecular weight is 265 g/mol. The SMILES string of the molecule is O=C(N/N=C1/CCCc2ccccc21)c1ccccn1. The quantitative estimate of drug-likeness (QED) is 0.848.